The van der Waals surface area contributed by atoms with Crippen molar-refractivity contribution in [3.05, 3.63) is 16.0 Å². The number of esters is 2. The van der Waals surface area contributed by atoms with E-state index in [9.17, 15) is 14.4 Å². The Labute approximate surface area is 164 Å². The predicted octanol–water partition coefficient (Wildman–Crippen LogP) is 4.11. The van der Waals surface area contributed by atoms with E-state index < -0.39 is 5.97 Å². The Bertz CT molecular complexity index is 682. The van der Waals surface area contributed by atoms with Gasteiger partial charge in [0.2, 0.25) is 5.91 Å². The van der Waals surface area contributed by atoms with Crippen LogP contribution in [-0.2, 0) is 31.9 Å². The zero-order valence-corrected chi connectivity index (χ0v) is 17.2. The summed E-state index contributed by atoms with van der Waals surface area (Å²) in [6, 6.07) is 0. The molecule has 1 amide bonds. The second kappa shape index (κ2) is 10.4. The lowest BCUT2D eigenvalue weighted by molar-refractivity contribution is -0.144. The molecule has 0 bridgehead atoms. The van der Waals surface area contributed by atoms with Crippen molar-refractivity contribution < 1.29 is 23.9 Å². The van der Waals surface area contributed by atoms with Gasteiger partial charge in [0.25, 0.3) is 0 Å². The molecule has 1 aromatic rings. The zero-order valence-electron chi connectivity index (χ0n) is 16.4. The van der Waals surface area contributed by atoms with E-state index in [0.29, 0.717) is 23.1 Å². The number of ether oxygens (including phenoxy) is 2. The van der Waals surface area contributed by atoms with E-state index in [0.717, 1.165) is 31.2 Å². The van der Waals surface area contributed by atoms with E-state index in [2.05, 4.69) is 12.2 Å². The fourth-order valence-electron chi connectivity index (χ4n) is 3.45. The molecular weight excluding hydrogens is 366 g/mol. The summed E-state index contributed by atoms with van der Waals surface area (Å²) in [6.45, 7) is 6.27. The second-order valence-corrected chi connectivity index (χ2v) is 7.78. The van der Waals surface area contributed by atoms with Gasteiger partial charge in [0.05, 0.1) is 25.2 Å². The highest BCUT2D eigenvalue weighted by Crippen LogP contribution is 2.41. The van der Waals surface area contributed by atoms with Gasteiger partial charge in [-0.1, -0.05) is 19.8 Å². The molecule has 1 heterocycles. The van der Waals surface area contributed by atoms with Crippen LogP contribution in [0.5, 0.6) is 0 Å². The lowest BCUT2D eigenvalue weighted by Gasteiger charge is -2.21. The van der Waals surface area contributed by atoms with Gasteiger partial charge in [0.1, 0.15) is 5.00 Å². The maximum atomic E-state index is 12.5. The highest BCUT2D eigenvalue weighted by atomic mass is 32.1. The minimum Gasteiger partial charge on any atom is -0.466 e. The first-order chi connectivity index (χ1) is 13.0. The van der Waals surface area contributed by atoms with E-state index in [1.54, 1.807) is 13.8 Å². The Kier molecular flexibility index (Phi) is 8.28. The number of carbonyl (C=O) groups excluding carboxylic acids is 3. The van der Waals surface area contributed by atoms with Crippen LogP contribution in [0.3, 0.4) is 0 Å². The summed E-state index contributed by atoms with van der Waals surface area (Å²) in [7, 11) is 0. The van der Waals surface area contributed by atoms with Crippen LogP contribution >= 0.6 is 11.3 Å². The van der Waals surface area contributed by atoms with Crippen LogP contribution in [0, 0.1) is 5.92 Å². The first-order valence-electron chi connectivity index (χ1n) is 9.77. The van der Waals surface area contributed by atoms with Crippen LogP contribution in [-0.4, -0.2) is 31.1 Å². The Morgan fingerprint density at radius 2 is 1.85 bits per heavy atom. The van der Waals surface area contributed by atoms with E-state index in [1.807, 2.05) is 0 Å². The number of anilines is 1. The first-order valence-corrected chi connectivity index (χ1v) is 10.6. The molecule has 1 aliphatic carbocycles. The summed E-state index contributed by atoms with van der Waals surface area (Å²) < 4.78 is 10.1. The van der Waals surface area contributed by atoms with Gasteiger partial charge in [-0.15, -0.1) is 11.3 Å². The van der Waals surface area contributed by atoms with Crippen LogP contribution < -0.4 is 5.32 Å². The molecule has 1 aromatic heterocycles. The average molecular weight is 396 g/mol. The van der Waals surface area contributed by atoms with Gasteiger partial charge in [-0.05, 0) is 44.6 Å². The summed E-state index contributed by atoms with van der Waals surface area (Å²) in [5.41, 5.74) is 1.52. The van der Waals surface area contributed by atoms with Gasteiger partial charge in [0.15, 0.2) is 0 Å². The predicted molar refractivity (Wildman–Crippen MR) is 105 cm³/mol. The largest absolute Gasteiger partial charge is 0.466 e. The fourth-order valence-corrected chi connectivity index (χ4v) is 4.82. The Morgan fingerprint density at radius 3 is 2.52 bits per heavy atom. The molecule has 6 nitrogen and oxygen atoms in total. The molecular formula is C20H29NO5S. The average Bonchev–Trinajstić information content (AvgIpc) is 2.97. The molecule has 1 atom stereocenters. The van der Waals surface area contributed by atoms with Crippen LogP contribution in [0.1, 0.15) is 73.7 Å². The van der Waals surface area contributed by atoms with Crippen LogP contribution in [0.25, 0.3) is 0 Å². The minimum absolute atomic E-state index is 0.0259. The van der Waals surface area contributed by atoms with Crippen molar-refractivity contribution in [2.45, 2.75) is 65.7 Å². The number of amides is 1. The first kappa shape index (κ1) is 21.4. The van der Waals surface area contributed by atoms with Crippen molar-refractivity contribution >= 4 is 34.2 Å². The lowest BCUT2D eigenvalue weighted by Crippen LogP contribution is -2.18. The third-order valence-corrected chi connectivity index (χ3v) is 5.83. The van der Waals surface area contributed by atoms with E-state index in [4.69, 9.17) is 9.47 Å². The van der Waals surface area contributed by atoms with Gasteiger partial charge >= 0.3 is 11.9 Å². The summed E-state index contributed by atoms with van der Waals surface area (Å²) in [5, 5.41) is 3.37. The van der Waals surface area contributed by atoms with Crippen LogP contribution in [0.4, 0.5) is 5.00 Å². The molecule has 0 spiro atoms. The summed E-state index contributed by atoms with van der Waals surface area (Å²) in [6.07, 6.45) is 5.21. The normalized spacial score (nSPS) is 15.7. The van der Waals surface area contributed by atoms with Gasteiger partial charge in [-0.3, -0.25) is 9.59 Å². The molecule has 7 heteroatoms. The van der Waals surface area contributed by atoms with Crippen LogP contribution in [0.15, 0.2) is 0 Å². The fraction of sp³-hybridized carbons (Fsp3) is 0.650. The standard InChI is InChI=1S/C20H29NO5S/c1-4-7-13-8-9-14-15(12-13)27-19(18(14)20(24)26-6-3)21-16(22)10-11-17(23)25-5-2/h13H,4-12H2,1-3H3,(H,21,22). The Morgan fingerprint density at radius 1 is 1.11 bits per heavy atom. The maximum Gasteiger partial charge on any atom is 0.341 e. The van der Waals surface area contributed by atoms with Gasteiger partial charge in [-0.25, -0.2) is 4.79 Å². The van der Waals surface area contributed by atoms with E-state index in [1.165, 1.54) is 22.6 Å². The maximum absolute atomic E-state index is 12.5. The summed E-state index contributed by atoms with van der Waals surface area (Å²) >= 11 is 1.47. The number of thiophene rings is 1. The monoisotopic (exact) mass is 395 g/mol. The highest BCUT2D eigenvalue weighted by molar-refractivity contribution is 7.17. The Hall–Kier alpha value is -1.89. The van der Waals surface area contributed by atoms with Crippen LogP contribution in [0.2, 0.25) is 0 Å². The molecule has 1 aliphatic rings. The third kappa shape index (κ3) is 5.79. The smallest absolute Gasteiger partial charge is 0.341 e. The number of hydrogen-bond acceptors (Lipinski definition) is 6. The topological polar surface area (TPSA) is 81.7 Å². The number of nitrogens with one attached hydrogen (secondary N) is 1. The van der Waals surface area contributed by atoms with Crippen molar-refractivity contribution in [3.63, 3.8) is 0 Å². The van der Waals surface area contributed by atoms with Crippen molar-refractivity contribution in [1.29, 1.82) is 0 Å². The van der Waals surface area contributed by atoms with Crippen molar-refractivity contribution in [2.24, 2.45) is 5.92 Å². The third-order valence-electron chi connectivity index (χ3n) is 4.66. The molecule has 2 rings (SSSR count). The van der Waals surface area contributed by atoms with Gasteiger partial charge < -0.3 is 14.8 Å². The minimum atomic E-state index is -0.397. The molecule has 0 saturated carbocycles. The second-order valence-electron chi connectivity index (χ2n) is 6.68. The van der Waals surface area contributed by atoms with Crippen molar-refractivity contribution in [1.82, 2.24) is 0 Å². The molecule has 1 N–H and O–H groups in total. The molecule has 150 valence electrons. The van der Waals surface area contributed by atoms with Crippen molar-refractivity contribution in [2.75, 3.05) is 18.5 Å². The zero-order chi connectivity index (χ0) is 19.8. The van der Waals surface area contributed by atoms with Gasteiger partial charge in [-0.2, -0.15) is 0 Å². The lowest BCUT2D eigenvalue weighted by atomic mass is 9.84. The quantitative estimate of drug-likeness (QED) is 0.636. The Balaban J connectivity index is 2.15. The molecule has 0 aromatic carbocycles. The summed E-state index contributed by atoms with van der Waals surface area (Å²) in [4.78, 5) is 37.4. The van der Waals surface area contributed by atoms with Crippen molar-refractivity contribution in [3.8, 4) is 0 Å². The molecule has 0 aliphatic heterocycles. The molecule has 27 heavy (non-hydrogen) atoms. The number of fused-ring (bicyclic) bond motifs is 1. The number of rotatable bonds is 9. The number of hydrogen-bond donors (Lipinski definition) is 1. The molecule has 0 saturated heterocycles. The molecule has 0 radical (unpaired) electrons. The van der Waals surface area contributed by atoms with Gasteiger partial charge in [0, 0.05) is 11.3 Å². The SMILES string of the molecule is CCCC1CCc2c(sc(NC(=O)CCC(=O)OCC)c2C(=O)OCC)C1. The summed E-state index contributed by atoms with van der Waals surface area (Å²) in [5.74, 6) is -0.448. The molecule has 0 fully saturated rings. The van der Waals surface area contributed by atoms with E-state index in [-0.39, 0.29) is 31.3 Å². The van der Waals surface area contributed by atoms with E-state index >= 15 is 0 Å². The molecule has 1 unspecified atom stereocenters. The highest BCUT2D eigenvalue weighted by Gasteiger charge is 2.30. The number of carbonyl (C=O) groups is 3.